The van der Waals surface area contributed by atoms with E-state index < -0.39 is 46.0 Å². The third kappa shape index (κ3) is 3.79. The van der Waals surface area contributed by atoms with Crippen LogP contribution < -0.4 is 0 Å². The first-order valence-corrected chi connectivity index (χ1v) is 5.49. The first-order valence-electron chi connectivity index (χ1n) is 4.95. The molecule has 5 nitrogen and oxygen atoms in total. The minimum Gasteiger partial charge on any atom is -0.389 e. The Balaban J connectivity index is 3.32. The van der Waals surface area contributed by atoms with Gasteiger partial charge < -0.3 is 10.2 Å². The van der Waals surface area contributed by atoms with Gasteiger partial charge in [0.05, 0.1) is 22.5 Å². The summed E-state index contributed by atoms with van der Waals surface area (Å²) in [4.78, 5) is 9.55. The average Bonchev–Trinajstić information content (AvgIpc) is 2.35. The van der Waals surface area contributed by atoms with Crippen LogP contribution in [0.1, 0.15) is 17.2 Å². The summed E-state index contributed by atoms with van der Waals surface area (Å²) >= 11 is 5.26. The van der Waals surface area contributed by atoms with Crippen LogP contribution in [0.5, 0.6) is 0 Å². The molecule has 0 spiro atoms. The topological polar surface area (TPSA) is 83.6 Å². The average molecular weight is 300 g/mol. The molecule has 0 aromatic heterocycles. The summed E-state index contributed by atoms with van der Waals surface area (Å²) in [6.45, 7) is 0. The van der Waals surface area contributed by atoms with E-state index in [2.05, 4.69) is 0 Å². The number of non-ortho nitro benzene ring substituents is 1. The number of hydrogen-bond donors (Lipinski definition) is 2. The van der Waals surface area contributed by atoms with Crippen LogP contribution in [-0.2, 0) is 6.18 Å². The molecule has 19 heavy (non-hydrogen) atoms. The van der Waals surface area contributed by atoms with E-state index in [9.17, 15) is 33.5 Å². The van der Waals surface area contributed by atoms with Crippen molar-refractivity contribution in [3.8, 4) is 0 Å². The van der Waals surface area contributed by atoms with Gasteiger partial charge in [-0.05, 0) is 11.6 Å². The van der Waals surface area contributed by atoms with Crippen molar-refractivity contribution in [2.45, 2.75) is 18.4 Å². The molecule has 2 unspecified atom stereocenters. The molecule has 2 N–H and O–H groups in total. The summed E-state index contributed by atoms with van der Waals surface area (Å²) in [5, 5.41) is 29.4. The minimum atomic E-state index is -4.80. The van der Waals surface area contributed by atoms with Gasteiger partial charge in [0, 0.05) is 12.1 Å². The maximum atomic E-state index is 12.6. The first-order chi connectivity index (χ1) is 8.66. The van der Waals surface area contributed by atoms with Crippen LogP contribution in [0.2, 0.25) is 0 Å². The number of aliphatic hydroxyl groups is 2. The third-order valence-electron chi connectivity index (χ3n) is 2.34. The third-order valence-corrected chi connectivity index (χ3v) is 2.66. The lowest BCUT2D eigenvalue weighted by Gasteiger charge is -2.17. The summed E-state index contributed by atoms with van der Waals surface area (Å²) in [6.07, 6.45) is -8.06. The fourth-order valence-electron chi connectivity index (χ4n) is 1.38. The zero-order valence-electron chi connectivity index (χ0n) is 9.26. The molecule has 1 rings (SSSR count). The van der Waals surface area contributed by atoms with Gasteiger partial charge in [-0.2, -0.15) is 13.2 Å². The van der Waals surface area contributed by atoms with Gasteiger partial charge in [0.2, 0.25) is 0 Å². The number of benzene rings is 1. The second-order valence-corrected chi connectivity index (χ2v) is 4.04. The highest BCUT2D eigenvalue weighted by molar-refractivity contribution is 6.18. The summed E-state index contributed by atoms with van der Waals surface area (Å²) in [6, 6.07) is 1.65. The normalized spacial score (nSPS) is 15.1. The quantitative estimate of drug-likeness (QED) is 0.507. The van der Waals surface area contributed by atoms with Crippen molar-refractivity contribution >= 4 is 17.3 Å². The Labute approximate surface area is 110 Å². The molecule has 0 fully saturated rings. The predicted octanol–water partition coefficient (Wildman–Crippen LogP) is 2.25. The molecule has 0 aliphatic rings. The number of nitro benzene ring substituents is 1. The molecule has 0 saturated carbocycles. The van der Waals surface area contributed by atoms with Crippen molar-refractivity contribution in [1.29, 1.82) is 0 Å². The molecule has 9 heteroatoms. The Morgan fingerprint density at radius 3 is 2.32 bits per heavy atom. The molecule has 0 bridgehead atoms. The van der Waals surface area contributed by atoms with Gasteiger partial charge >= 0.3 is 6.18 Å². The molecule has 0 saturated heterocycles. The Bertz CT molecular complexity index is 480. The van der Waals surface area contributed by atoms with E-state index in [-0.39, 0.29) is 0 Å². The second kappa shape index (κ2) is 5.72. The van der Waals surface area contributed by atoms with E-state index in [1.165, 1.54) is 0 Å². The molecule has 2 atom stereocenters. The Kier molecular flexibility index (Phi) is 4.72. The van der Waals surface area contributed by atoms with Gasteiger partial charge in [-0.1, -0.05) is 0 Å². The number of rotatable bonds is 4. The smallest absolute Gasteiger partial charge is 0.389 e. The van der Waals surface area contributed by atoms with E-state index in [0.29, 0.717) is 12.1 Å². The highest BCUT2D eigenvalue weighted by Crippen LogP contribution is 2.34. The van der Waals surface area contributed by atoms with Crippen LogP contribution in [0, 0.1) is 10.1 Å². The van der Waals surface area contributed by atoms with Crippen LogP contribution in [0.3, 0.4) is 0 Å². The van der Waals surface area contributed by atoms with Crippen LogP contribution in [-0.4, -0.2) is 27.1 Å². The molecule has 0 radical (unpaired) electrons. The van der Waals surface area contributed by atoms with Crippen molar-refractivity contribution in [3.05, 3.63) is 39.4 Å². The second-order valence-electron chi connectivity index (χ2n) is 3.73. The van der Waals surface area contributed by atoms with Crippen LogP contribution >= 0.6 is 11.6 Å². The Hall–Kier alpha value is -1.38. The van der Waals surface area contributed by atoms with Crippen molar-refractivity contribution in [1.82, 2.24) is 0 Å². The summed E-state index contributed by atoms with van der Waals surface area (Å²) in [7, 11) is 0. The van der Waals surface area contributed by atoms with Crippen LogP contribution in [0.15, 0.2) is 18.2 Å². The lowest BCUT2D eigenvalue weighted by Crippen LogP contribution is -2.20. The highest BCUT2D eigenvalue weighted by Gasteiger charge is 2.34. The van der Waals surface area contributed by atoms with Gasteiger partial charge in [-0.25, -0.2) is 0 Å². The van der Waals surface area contributed by atoms with E-state index in [1.807, 2.05) is 0 Å². The van der Waals surface area contributed by atoms with Gasteiger partial charge in [0.1, 0.15) is 6.10 Å². The minimum absolute atomic E-state index is 0.350. The number of nitro groups is 1. The zero-order chi connectivity index (χ0) is 14.8. The van der Waals surface area contributed by atoms with Gasteiger partial charge in [0.15, 0.2) is 0 Å². The van der Waals surface area contributed by atoms with Crippen LogP contribution in [0.25, 0.3) is 0 Å². The predicted molar refractivity (Wildman–Crippen MR) is 59.8 cm³/mol. The first kappa shape index (κ1) is 15.7. The molecule has 0 aliphatic heterocycles. The van der Waals surface area contributed by atoms with Crippen molar-refractivity contribution in [2.24, 2.45) is 0 Å². The number of nitrogens with zero attached hydrogens (tertiary/aromatic N) is 1. The number of halogens is 4. The van der Waals surface area contributed by atoms with E-state index in [4.69, 9.17) is 11.6 Å². The maximum absolute atomic E-state index is 12.6. The molecular formula is C10H9ClF3NO4. The molecule has 0 aliphatic carbocycles. The van der Waals surface area contributed by atoms with E-state index >= 15 is 0 Å². The van der Waals surface area contributed by atoms with Crippen molar-refractivity contribution < 1.29 is 28.3 Å². The number of alkyl halides is 4. The molecule has 106 valence electrons. The lowest BCUT2D eigenvalue weighted by molar-refractivity contribution is -0.385. The van der Waals surface area contributed by atoms with E-state index in [0.717, 1.165) is 6.07 Å². The summed E-state index contributed by atoms with van der Waals surface area (Å²) in [5.41, 5.74) is -2.53. The van der Waals surface area contributed by atoms with Crippen molar-refractivity contribution in [2.75, 3.05) is 5.88 Å². The highest BCUT2D eigenvalue weighted by atomic mass is 35.5. The molecular weight excluding hydrogens is 291 g/mol. The fraction of sp³-hybridized carbons (Fsp3) is 0.400. The largest absolute Gasteiger partial charge is 0.416 e. The SMILES string of the molecule is O=[N+]([O-])c1cc(C(O)C(O)CCl)cc(C(F)(F)F)c1. The lowest BCUT2D eigenvalue weighted by atomic mass is 10.0. The van der Waals surface area contributed by atoms with Gasteiger partial charge in [-0.15, -0.1) is 11.6 Å². The Morgan fingerprint density at radius 1 is 1.32 bits per heavy atom. The number of aliphatic hydroxyl groups excluding tert-OH is 2. The maximum Gasteiger partial charge on any atom is 0.416 e. The standard InChI is InChI=1S/C10H9ClF3NO4/c11-4-8(16)9(17)5-1-6(10(12,13)14)3-7(2-5)15(18)19/h1-3,8-9,16-17H,4H2. The summed E-state index contributed by atoms with van der Waals surface area (Å²) < 4.78 is 37.7. The fourth-order valence-corrected chi connectivity index (χ4v) is 1.55. The monoisotopic (exact) mass is 299 g/mol. The molecule has 1 aromatic carbocycles. The van der Waals surface area contributed by atoms with Crippen molar-refractivity contribution in [3.63, 3.8) is 0 Å². The van der Waals surface area contributed by atoms with Crippen LogP contribution in [0.4, 0.5) is 18.9 Å². The molecule has 0 amide bonds. The Morgan fingerprint density at radius 2 is 1.89 bits per heavy atom. The van der Waals surface area contributed by atoms with Gasteiger partial charge in [0.25, 0.3) is 5.69 Å². The number of hydrogen-bond acceptors (Lipinski definition) is 4. The molecule has 0 heterocycles. The van der Waals surface area contributed by atoms with E-state index in [1.54, 1.807) is 0 Å². The zero-order valence-corrected chi connectivity index (χ0v) is 10.0. The molecule has 1 aromatic rings. The van der Waals surface area contributed by atoms with Gasteiger partial charge in [-0.3, -0.25) is 10.1 Å². The summed E-state index contributed by atoms with van der Waals surface area (Å²) in [5.74, 6) is -0.425.